The molecule has 4 nitrogen and oxygen atoms in total. The molecule has 2 aliphatic rings. The van der Waals surface area contributed by atoms with Crippen molar-refractivity contribution in [2.24, 2.45) is 5.10 Å². The molecule has 2 unspecified atom stereocenters. The van der Waals surface area contributed by atoms with Crippen molar-refractivity contribution in [1.82, 2.24) is 5.01 Å². The third kappa shape index (κ3) is 3.12. The number of para-hydroxylation sites is 2. The van der Waals surface area contributed by atoms with Gasteiger partial charge in [0.05, 0.1) is 23.9 Å². The molecular formula is C24H21FN2O2. The maximum absolute atomic E-state index is 13.4. The van der Waals surface area contributed by atoms with Gasteiger partial charge in [-0.3, -0.25) is 0 Å². The van der Waals surface area contributed by atoms with E-state index in [9.17, 15) is 4.39 Å². The summed E-state index contributed by atoms with van der Waals surface area (Å²) in [5.74, 6) is 1.41. The molecule has 0 saturated heterocycles. The summed E-state index contributed by atoms with van der Waals surface area (Å²) >= 11 is 0. The SMILES string of the molecule is CCOc1ccccc1C1Oc2ccccc2C2CC(c3ccc(F)cc3)=NN21. The van der Waals surface area contributed by atoms with Gasteiger partial charge in [0.1, 0.15) is 17.3 Å². The summed E-state index contributed by atoms with van der Waals surface area (Å²) in [6.45, 7) is 2.55. The molecule has 2 aliphatic heterocycles. The normalized spacial score (nSPS) is 19.8. The summed E-state index contributed by atoms with van der Waals surface area (Å²) in [5, 5.41) is 6.93. The second-order valence-corrected chi connectivity index (χ2v) is 7.13. The number of benzene rings is 3. The molecule has 29 heavy (non-hydrogen) atoms. The highest BCUT2D eigenvalue weighted by Gasteiger charge is 2.41. The van der Waals surface area contributed by atoms with Crippen LogP contribution < -0.4 is 9.47 Å². The zero-order chi connectivity index (χ0) is 19.8. The van der Waals surface area contributed by atoms with E-state index < -0.39 is 6.23 Å². The first-order valence-corrected chi connectivity index (χ1v) is 9.83. The van der Waals surface area contributed by atoms with Gasteiger partial charge in [0.25, 0.3) is 0 Å². The average molecular weight is 388 g/mol. The van der Waals surface area contributed by atoms with Crippen LogP contribution in [0.1, 0.15) is 42.3 Å². The van der Waals surface area contributed by atoms with E-state index in [1.165, 1.54) is 12.1 Å². The Kier molecular flexibility index (Phi) is 4.43. The van der Waals surface area contributed by atoms with Crippen LogP contribution in [0.25, 0.3) is 0 Å². The van der Waals surface area contributed by atoms with E-state index in [1.54, 1.807) is 12.1 Å². The molecule has 0 radical (unpaired) electrons. The van der Waals surface area contributed by atoms with Crippen LogP contribution >= 0.6 is 0 Å². The minimum Gasteiger partial charge on any atom is -0.493 e. The molecule has 0 amide bonds. The highest BCUT2D eigenvalue weighted by molar-refractivity contribution is 6.01. The average Bonchev–Trinajstić information content (AvgIpc) is 3.20. The van der Waals surface area contributed by atoms with E-state index in [-0.39, 0.29) is 11.9 Å². The summed E-state index contributed by atoms with van der Waals surface area (Å²) in [6, 6.07) is 22.6. The Labute approximate surface area is 169 Å². The van der Waals surface area contributed by atoms with E-state index in [1.807, 2.05) is 54.4 Å². The Morgan fingerprint density at radius 2 is 1.72 bits per heavy atom. The summed E-state index contributed by atoms with van der Waals surface area (Å²) in [5.41, 5.74) is 3.90. The number of fused-ring (bicyclic) bond motifs is 3. The van der Waals surface area contributed by atoms with E-state index in [2.05, 4.69) is 6.07 Å². The number of hydrogen-bond donors (Lipinski definition) is 0. The second-order valence-electron chi connectivity index (χ2n) is 7.13. The molecular weight excluding hydrogens is 367 g/mol. The van der Waals surface area contributed by atoms with Gasteiger partial charge in [0, 0.05) is 12.0 Å². The minimum absolute atomic E-state index is 0.0553. The highest BCUT2D eigenvalue weighted by atomic mass is 19.1. The van der Waals surface area contributed by atoms with Gasteiger partial charge in [0.15, 0.2) is 0 Å². The van der Waals surface area contributed by atoms with Gasteiger partial charge in [-0.25, -0.2) is 9.40 Å². The molecule has 0 spiro atoms. The largest absolute Gasteiger partial charge is 0.493 e. The third-order valence-electron chi connectivity index (χ3n) is 5.36. The smallest absolute Gasteiger partial charge is 0.217 e. The predicted molar refractivity (Wildman–Crippen MR) is 110 cm³/mol. The topological polar surface area (TPSA) is 34.1 Å². The van der Waals surface area contributed by atoms with Gasteiger partial charge in [0.2, 0.25) is 6.23 Å². The number of halogens is 1. The molecule has 0 fully saturated rings. The first-order valence-electron chi connectivity index (χ1n) is 9.83. The van der Waals surface area contributed by atoms with Crippen molar-refractivity contribution in [3.63, 3.8) is 0 Å². The van der Waals surface area contributed by atoms with Gasteiger partial charge >= 0.3 is 0 Å². The minimum atomic E-state index is -0.393. The van der Waals surface area contributed by atoms with Crippen LogP contribution in [0.3, 0.4) is 0 Å². The van der Waals surface area contributed by atoms with Gasteiger partial charge in [-0.2, -0.15) is 5.10 Å². The van der Waals surface area contributed by atoms with Crippen LogP contribution in [-0.4, -0.2) is 17.3 Å². The Balaban J connectivity index is 1.60. The van der Waals surface area contributed by atoms with Gasteiger partial charge < -0.3 is 9.47 Å². The Morgan fingerprint density at radius 1 is 1.00 bits per heavy atom. The van der Waals surface area contributed by atoms with Crippen molar-refractivity contribution in [2.45, 2.75) is 25.6 Å². The lowest BCUT2D eigenvalue weighted by molar-refractivity contribution is -0.0205. The van der Waals surface area contributed by atoms with Crippen LogP contribution in [0, 0.1) is 5.82 Å². The summed E-state index contributed by atoms with van der Waals surface area (Å²) in [4.78, 5) is 0. The summed E-state index contributed by atoms with van der Waals surface area (Å²) in [7, 11) is 0. The fourth-order valence-electron chi connectivity index (χ4n) is 4.03. The van der Waals surface area contributed by atoms with Crippen LogP contribution in [-0.2, 0) is 0 Å². The molecule has 0 bridgehead atoms. The first kappa shape index (κ1) is 17.7. The number of rotatable bonds is 4. The number of ether oxygens (including phenoxy) is 2. The fraction of sp³-hybridized carbons (Fsp3) is 0.208. The maximum atomic E-state index is 13.4. The van der Waals surface area contributed by atoms with Crippen molar-refractivity contribution in [3.8, 4) is 11.5 Å². The third-order valence-corrected chi connectivity index (χ3v) is 5.36. The van der Waals surface area contributed by atoms with Gasteiger partial charge in [-0.15, -0.1) is 0 Å². The van der Waals surface area contributed by atoms with E-state index in [0.29, 0.717) is 6.61 Å². The van der Waals surface area contributed by atoms with E-state index in [0.717, 1.165) is 40.3 Å². The van der Waals surface area contributed by atoms with Crippen LogP contribution in [0.4, 0.5) is 4.39 Å². The van der Waals surface area contributed by atoms with E-state index >= 15 is 0 Å². The second kappa shape index (κ2) is 7.24. The summed E-state index contributed by atoms with van der Waals surface area (Å²) in [6.07, 6.45) is 0.342. The molecule has 2 atom stereocenters. The van der Waals surface area contributed by atoms with Crippen molar-refractivity contribution in [2.75, 3.05) is 6.61 Å². The van der Waals surface area contributed by atoms with Crippen LogP contribution in [0.5, 0.6) is 11.5 Å². The molecule has 146 valence electrons. The fourth-order valence-corrected chi connectivity index (χ4v) is 4.03. The maximum Gasteiger partial charge on any atom is 0.217 e. The van der Waals surface area contributed by atoms with Gasteiger partial charge in [-0.1, -0.05) is 42.5 Å². The molecule has 5 rings (SSSR count). The monoisotopic (exact) mass is 388 g/mol. The standard InChI is InChI=1S/C24H21FN2O2/c1-2-28-22-9-5-4-8-19(22)24-27-21(18-7-3-6-10-23(18)29-24)15-20(26-27)16-11-13-17(25)14-12-16/h3-14,21,24H,2,15H2,1H3. The van der Waals surface area contributed by atoms with Crippen LogP contribution in [0.2, 0.25) is 0 Å². The molecule has 3 aromatic rings. The molecule has 0 saturated carbocycles. The molecule has 5 heteroatoms. The Morgan fingerprint density at radius 3 is 2.52 bits per heavy atom. The zero-order valence-electron chi connectivity index (χ0n) is 16.1. The number of hydrazone groups is 1. The van der Waals surface area contributed by atoms with Gasteiger partial charge in [-0.05, 0) is 42.8 Å². The molecule has 0 aliphatic carbocycles. The van der Waals surface area contributed by atoms with Crippen molar-refractivity contribution < 1.29 is 13.9 Å². The molecule has 0 N–H and O–H groups in total. The predicted octanol–water partition coefficient (Wildman–Crippen LogP) is 5.47. The lowest BCUT2D eigenvalue weighted by Gasteiger charge is -2.38. The van der Waals surface area contributed by atoms with Crippen molar-refractivity contribution in [1.29, 1.82) is 0 Å². The lowest BCUT2D eigenvalue weighted by Crippen LogP contribution is -2.34. The lowest BCUT2D eigenvalue weighted by atomic mass is 9.96. The zero-order valence-corrected chi connectivity index (χ0v) is 16.1. The number of hydrogen-bond acceptors (Lipinski definition) is 4. The Hall–Kier alpha value is -3.34. The molecule has 2 heterocycles. The number of nitrogens with zero attached hydrogens (tertiary/aromatic N) is 2. The van der Waals surface area contributed by atoms with Crippen molar-refractivity contribution in [3.05, 3.63) is 95.3 Å². The first-order chi connectivity index (χ1) is 14.2. The molecule has 0 aromatic heterocycles. The van der Waals surface area contributed by atoms with Crippen molar-refractivity contribution >= 4 is 5.71 Å². The highest BCUT2D eigenvalue weighted by Crippen LogP contribution is 2.48. The summed E-state index contributed by atoms with van der Waals surface area (Å²) < 4.78 is 25.6. The van der Waals surface area contributed by atoms with E-state index in [4.69, 9.17) is 14.6 Å². The quantitative estimate of drug-likeness (QED) is 0.595. The molecule has 3 aromatic carbocycles. The Bertz CT molecular complexity index is 1060. The van der Waals surface area contributed by atoms with Crippen LogP contribution in [0.15, 0.2) is 77.9 Å².